The molecule has 1 fully saturated rings. The topological polar surface area (TPSA) is 24.5 Å². The van der Waals surface area contributed by atoms with Gasteiger partial charge in [-0.15, -0.1) is 0 Å². The summed E-state index contributed by atoms with van der Waals surface area (Å²) in [5.74, 6) is 0. The molecule has 0 amide bonds. The molecule has 3 heteroatoms. The van der Waals surface area contributed by atoms with Crippen molar-refractivity contribution in [3.63, 3.8) is 0 Å². The molecule has 1 heterocycles. The molecule has 3 nitrogen and oxygen atoms in total. The van der Waals surface area contributed by atoms with Gasteiger partial charge in [0.1, 0.15) is 0 Å². The zero-order valence-corrected chi connectivity index (χ0v) is 12.5. The number of nitrogens with one attached hydrogen (secondary N) is 1. The average Bonchev–Trinajstić information content (AvgIpc) is 2.55. The lowest BCUT2D eigenvalue weighted by molar-refractivity contribution is 0.122. The first-order chi connectivity index (χ1) is 10.3. The van der Waals surface area contributed by atoms with Crippen LogP contribution in [0.25, 0.3) is 0 Å². The van der Waals surface area contributed by atoms with Crippen molar-refractivity contribution in [2.75, 3.05) is 36.5 Å². The van der Waals surface area contributed by atoms with Crippen LogP contribution in [0.1, 0.15) is 11.1 Å². The minimum absolute atomic E-state index is 0.819. The summed E-state index contributed by atoms with van der Waals surface area (Å²) in [4.78, 5) is 2.42. The lowest BCUT2D eigenvalue weighted by Crippen LogP contribution is -2.36. The van der Waals surface area contributed by atoms with Crippen molar-refractivity contribution in [1.29, 1.82) is 0 Å². The molecule has 2 aromatic carbocycles. The van der Waals surface area contributed by atoms with Crippen LogP contribution in [-0.2, 0) is 11.3 Å². The molecular weight excluding hydrogens is 260 g/mol. The Balaban J connectivity index is 1.74. The molecule has 110 valence electrons. The Morgan fingerprint density at radius 3 is 2.52 bits per heavy atom. The van der Waals surface area contributed by atoms with E-state index in [1.165, 1.54) is 22.5 Å². The van der Waals surface area contributed by atoms with Gasteiger partial charge in [-0.25, -0.2) is 0 Å². The van der Waals surface area contributed by atoms with E-state index in [0.717, 1.165) is 32.8 Å². The summed E-state index contributed by atoms with van der Waals surface area (Å²) in [5, 5.41) is 3.55. The van der Waals surface area contributed by atoms with Gasteiger partial charge in [0.15, 0.2) is 0 Å². The molecule has 1 aliphatic heterocycles. The minimum Gasteiger partial charge on any atom is -0.381 e. The largest absolute Gasteiger partial charge is 0.381 e. The smallest absolute Gasteiger partial charge is 0.0642 e. The van der Waals surface area contributed by atoms with Gasteiger partial charge in [0.05, 0.1) is 13.2 Å². The molecule has 0 atom stereocenters. The summed E-state index contributed by atoms with van der Waals surface area (Å²) in [5.41, 5.74) is 5.14. The first-order valence-corrected chi connectivity index (χ1v) is 7.55. The lowest BCUT2D eigenvalue weighted by atomic mass is 10.1. The molecule has 0 aromatic heterocycles. The van der Waals surface area contributed by atoms with Crippen LogP contribution >= 0.6 is 0 Å². The molecule has 1 N–H and O–H groups in total. The fourth-order valence-corrected chi connectivity index (χ4v) is 2.73. The predicted octanol–water partition coefficient (Wildman–Crippen LogP) is 3.44. The molecule has 0 saturated carbocycles. The van der Waals surface area contributed by atoms with E-state index in [1.54, 1.807) is 0 Å². The van der Waals surface area contributed by atoms with Crippen LogP contribution in [0.5, 0.6) is 0 Å². The second-order valence-electron chi connectivity index (χ2n) is 5.40. The van der Waals surface area contributed by atoms with Crippen LogP contribution in [0, 0.1) is 6.92 Å². The number of benzene rings is 2. The van der Waals surface area contributed by atoms with Gasteiger partial charge in [-0.2, -0.15) is 0 Å². The van der Waals surface area contributed by atoms with Crippen LogP contribution in [-0.4, -0.2) is 26.3 Å². The molecule has 0 spiro atoms. The zero-order chi connectivity index (χ0) is 14.5. The SMILES string of the molecule is Cc1ccccc1NCc1ccccc1N1CCOCC1. The molecule has 0 radical (unpaired) electrons. The van der Waals surface area contributed by atoms with E-state index in [4.69, 9.17) is 4.74 Å². The summed E-state index contributed by atoms with van der Waals surface area (Å²) < 4.78 is 5.45. The second-order valence-corrected chi connectivity index (χ2v) is 5.40. The van der Waals surface area contributed by atoms with E-state index in [-0.39, 0.29) is 0 Å². The van der Waals surface area contributed by atoms with Gasteiger partial charge in [-0.05, 0) is 30.2 Å². The summed E-state index contributed by atoms with van der Waals surface area (Å²) >= 11 is 0. The molecule has 0 aliphatic carbocycles. The highest BCUT2D eigenvalue weighted by molar-refractivity contribution is 5.57. The highest BCUT2D eigenvalue weighted by Crippen LogP contribution is 2.23. The maximum Gasteiger partial charge on any atom is 0.0642 e. The maximum absolute atomic E-state index is 5.45. The van der Waals surface area contributed by atoms with Crippen molar-refractivity contribution >= 4 is 11.4 Å². The molecule has 21 heavy (non-hydrogen) atoms. The van der Waals surface area contributed by atoms with Crippen molar-refractivity contribution in [3.05, 3.63) is 59.7 Å². The lowest BCUT2D eigenvalue weighted by Gasteiger charge is -2.30. The van der Waals surface area contributed by atoms with Crippen molar-refractivity contribution in [3.8, 4) is 0 Å². The monoisotopic (exact) mass is 282 g/mol. The second kappa shape index (κ2) is 6.64. The van der Waals surface area contributed by atoms with Crippen LogP contribution in [0.4, 0.5) is 11.4 Å². The Bertz CT molecular complexity index is 591. The van der Waals surface area contributed by atoms with E-state index in [1.807, 2.05) is 0 Å². The molecule has 0 bridgehead atoms. The molecule has 3 rings (SSSR count). The molecule has 1 saturated heterocycles. The molecule has 2 aromatic rings. The van der Waals surface area contributed by atoms with Crippen molar-refractivity contribution < 1.29 is 4.74 Å². The first-order valence-electron chi connectivity index (χ1n) is 7.55. The quantitative estimate of drug-likeness (QED) is 0.929. The third kappa shape index (κ3) is 3.37. The number of hydrogen-bond donors (Lipinski definition) is 1. The summed E-state index contributed by atoms with van der Waals surface area (Å²) in [6, 6.07) is 17.0. The first kappa shape index (κ1) is 14.0. The highest BCUT2D eigenvalue weighted by atomic mass is 16.5. The molecule has 0 unspecified atom stereocenters. The number of anilines is 2. The predicted molar refractivity (Wildman–Crippen MR) is 88.0 cm³/mol. The van der Waals surface area contributed by atoms with E-state index in [9.17, 15) is 0 Å². The van der Waals surface area contributed by atoms with Gasteiger partial charge in [0, 0.05) is 31.0 Å². The van der Waals surface area contributed by atoms with Gasteiger partial charge in [-0.1, -0.05) is 36.4 Å². The number of rotatable bonds is 4. The summed E-state index contributed by atoms with van der Waals surface area (Å²) in [6.07, 6.45) is 0. The number of morpholine rings is 1. The Morgan fingerprint density at radius 2 is 1.71 bits per heavy atom. The van der Waals surface area contributed by atoms with Gasteiger partial charge in [-0.3, -0.25) is 0 Å². The van der Waals surface area contributed by atoms with Crippen LogP contribution in [0.15, 0.2) is 48.5 Å². The molecule has 1 aliphatic rings. The highest BCUT2D eigenvalue weighted by Gasteiger charge is 2.14. The fourth-order valence-electron chi connectivity index (χ4n) is 2.73. The summed E-state index contributed by atoms with van der Waals surface area (Å²) in [7, 11) is 0. The maximum atomic E-state index is 5.45. The standard InChI is InChI=1S/C18H22N2O/c1-15-6-2-4-8-17(15)19-14-16-7-3-5-9-18(16)20-10-12-21-13-11-20/h2-9,19H,10-14H2,1H3. The van der Waals surface area contributed by atoms with Gasteiger partial charge < -0.3 is 15.0 Å². The average molecular weight is 282 g/mol. The van der Waals surface area contributed by atoms with Crippen LogP contribution < -0.4 is 10.2 Å². The minimum atomic E-state index is 0.819. The third-order valence-corrected chi connectivity index (χ3v) is 3.96. The summed E-state index contributed by atoms with van der Waals surface area (Å²) in [6.45, 7) is 6.57. The Kier molecular flexibility index (Phi) is 4.41. The van der Waals surface area contributed by atoms with Crippen LogP contribution in [0.3, 0.4) is 0 Å². The number of hydrogen-bond acceptors (Lipinski definition) is 3. The number of nitrogens with zero attached hydrogens (tertiary/aromatic N) is 1. The van der Waals surface area contributed by atoms with Gasteiger partial charge >= 0.3 is 0 Å². The van der Waals surface area contributed by atoms with Gasteiger partial charge in [0.25, 0.3) is 0 Å². The van der Waals surface area contributed by atoms with Gasteiger partial charge in [0.2, 0.25) is 0 Å². The van der Waals surface area contributed by atoms with E-state index in [0.29, 0.717) is 0 Å². The van der Waals surface area contributed by atoms with E-state index >= 15 is 0 Å². The number of para-hydroxylation sites is 2. The Hall–Kier alpha value is -2.00. The third-order valence-electron chi connectivity index (χ3n) is 3.96. The van der Waals surface area contributed by atoms with E-state index < -0.39 is 0 Å². The Labute approximate surface area is 126 Å². The normalized spacial score (nSPS) is 15.0. The Morgan fingerprint density at radius 1 is 1.00 bits per heavy atom. The fraction of sp³-hybridized carbons (Fsp3) is 0.333. The number of ether oxygens (including phenoxy) is 1. The van der Waals surface area contributed by atoms with Crippen LogP contribution in [0.2, 0.25) is 0 Å². The van der Waals surface area contributed by atoms with E-state index in [2.05, 4.69) is 65.7 Å². The van der Waals surface area contributed by atoms with Crippen molar-refractivity contribution in [2.45, 2.75) is 13.5 Å². The zero-order valence-electron chi connectivity index (χ0n) is 12.5. The molecular formula is C18H22N2O. The number of aryl methyl sites for hydroxylation is 1. The van der Waals surface area contributed by atoms with Crippen molar-refractivity contribution in [2.24, 2.45) is 0 Å². The van der Waals surface area contributed by atoms with Crippen molar-refractivity contribution in [1.82, 2.24) is 0 Å².